The Balaban J connectivity index is 1.75. The molecule has 7 heteroatoms. The summed E-state index contributed by atoms with van der Waals surface area (Å²) in [6, 6.07) is 11.5. The summed E-state index contributed by atoms with van der Waals surface area (Å²) in [5.74, 6) is 3.64. The molecule has 0 spiro atoms. The Bertz CT molecular complexity index is 933. The van der Waals surface area contributed by atoms with Gasteiger partial charge in [-0.2, -0.15) is 0 Å². The number of nitrogens with one attached hydrogen (secondary N) is 3. The smallest absolute Gasteiger partial charge is 0.253 e. The van der Waals surface area contributed by atoms with Crippen molar-refractivity contribution in [3.8, 4) is 23.8 Å². The Labute approximate surface area is 183 Å². The first-order valence-electron chi connectivity index (χ1n) is 10.3. The van der Waals surface area contributed by atoms with Crippen molar-refractivity contribution in [3.63, 3.8) is 0 Å². The van der Waals surface area contributed by atoms with Gasteiger partial charge >= 0.3 is 0 Å². The molecule has 1 amide bonds. The van der Waals surface area contributed by atoms with Crippen molar-refractivity contribution in [1.29, 1.82) is 0 Å². The van der Waals surface area contributed by atoms with Crippen LogP contribution in [-0.4, -0.2) is 45.9 Å². The van der Waals surface area contributed by atoms with Crippen LogP contribution in [0.1, 0.15) is 28.8 Å². The zero-order chi connectivity index (χ0) is 22.1. The molecule has 3 rings (SSSR count). The Morgan fingerprint density at radius 3 is 2.61 bits per heavy atom. The van der Waals surface area contributed by atoms with Crippen LogP contribution in [0.3, 0.4) is 0 Å². The normalized spacial score (nSPS) is 13.7. The van der Waals surface area contributed by atoms with Crippen molar-refractivity contribution in [2.75, 3.05) is 44.6 Å². The van der Waals surface area contributed by atoms with E-state index in [1.807, 2.05) is 36.4 Å². The van der Waals surface area contributed by atoms with Crippen molar-refractivity contribution < 1.29 is 19.0 Å². The summed E-state index contributed by atoms with van der Waals surface area (Å²) in [5, 5.41) is 9.62. The van der Waals surface area contributed by atoms with Gasteiger partial charge in [0.15, 0.2) is 11.5 Å². The van der Waals surface area contributed by atoms with Gasteiger partial charge in [0.25, 0.3) is 5.91 Å². The van der Waals surface area contributed by atoms with Crippen LogP contribution in [0.5, 0.6) is 11.5 Å². The molecule has 2 aromatic rings. The molecule has 7 nitrogen and oxygen atoms in total. The molecule has 1 saturated heterocycles. The monoisotopic (exact) mass is 423 g/mol. The number of amides is 1. The average Bonchev–Trinajstić information content (AvgIpc) is 2.82. The zero-order valence-corrected chi connectivity index (χ0v) is 18.0. The molecule has 164 valence electrons. The Hall–Kier alpha value is -3.37. The van der Waals surface area contributed by atoms with Gasteiger partial charge in [-0.25, -0.2) is 0 Å². The van der Waals surface area contributed by atoms with Crippen LogP contribution in [0.15, 0.2) is 36.4 Å². The molecular formula is C24H29N3O4. The standard InChI is InChI=1S/C24H29N3O4/c1-4-11-25-19-6-7-21(27-18-9-12-31-13-10-18)20(15-19)24(28)26-16-17-5-8-22(29-2)23(14-17)30-3/h1,5-8,14-15,18,25,27H,9-13,16H2,2-3H3,(H,26,28). The first-order chi connectivity index (χ1) is 15.1. The largest absolute Gasteiger partial charge is 0.493 e. The van der Waals surface area contributed by atoms with Crippen molar-refractivity contribution in [2.45, 2.75) is 25.4 Å². The minimum atomic E-state index is -0.172. The summed E-state index contributed by atoms with van der Waals surface area (Å²) < 4.78 is 16.0. The number of anilines is 2. The Kier molecular flexibility index (Phi) is 8.02. The zero-order valence-electron chi connectivity index (χ0n) is 18.0. The molecule has 31 heavy (non-hydrogen) atoms. The van der Waals surface area contributed by atoms with E-state index in [-0.39, 0.29) is 11.9 Å². The third-order valence-electron chi connectivity index (χ3n) is 5.14. The summed E-state index contributed by atoms with van der Waals surface area (Å²) in [6.45, 7) is 2.19. The highest BCUT2D eigenvalue weighted by Gasteiger charge is 2.18. The lowest BCUT2D eigenvalue weighted by Crippen LogP contribution is -2.30. The minimum Gasteiger partial charge on any atom is -0.493 e. The Morgan fingerprint density at radius 2 is 1.90 bits per heavy atom. The predicted molar refractivity (Wildman–Crippen MR) is 122 cm³/mol. The number of carbonyl (C=O) groups is 1. The van der Waals surface area contributed by atoms with Gasteiger partial charge in [-0.3, -0.25) is 4.79 Å². The molecule has 0 saturated carbocycles. The second-order valence-corrected chi connectivity index (χ2v) is 7.22. The third-order valence-corrected chi connectivity index (χ3v) is 5.14. The van der Waals surface area contributed by atoms with Gasteiger partial charge in [0.2, 0.25) is 0 Å². The molecule has 0 aliphatic carbocycles. The van der Waals surface area contributed by atoms with Gasteiger partial charge in [-0.15, -0.1) is 6.42 Å². The first kappa shape index (κ1) is 22.3. The number of hydrogen-bond acceptors (Lipinski definition) is 6. The van der Waals surface area contributed by atoms with E-state index < -0.39 is 0 Å². The van der Waals surface area contributed by atoms with Gasteiger partial charge in [0.1, 0.15) is 0 Å². The Morgan fingerprint density at radius 1 is 1.13 bits per heavy atom. The van der Waals surface area contributed by atoms with E-state index in [1.165, 1.54) is 0 Å². The topological polar surface area (TPSA) is 80.9 Å². The maximum Gasteiger partial charge on any atom is 0.253 e. The highest BCUT2D eigenvalue weighted by Crippen LogP contribution is 2.28. The fraction of sp³-hybridized carbons (Fsp3) is 0.375. The molecule has 0 atom stereocenters. The lowest BCUT2D eigenvalue weighted by atomic mass is 10.1. The number of ether oxygens (including phenoxy) is 3. The second-order valence-electron chi connectivity index (χ2n) is 7.22. The summed E-state index contributed by atoms with van der Waals surface area (Å²) >= 11 is 0. The maximum absolute atomic E-state index is 13.1. The van der Waals surface area contributed by atoms with Crippen LogP contribution < -0.4 is 25.4 Å². The summed E-state index contributed by atoms with van der Waals surface area (Å²) in [5.41, 5.74) is 3.07. The van der Waals surface area contributed by atoms with E-state index in [0.29, 0.717) is 30.2 Å². The molecular weight excluding hydrogens is 394 g/mol. The summed E-state index contributed by atoms with van der Waals surface area (Å²) in [7, 11) is 3.18. The van der Waals surface area contributed by atoms with E-state index in [4.69, 9.17) is 20.6 Å². The molecule has 1 heterocycles. The number of hydrogen-bond donors (Lipinski definition) is 3. The minimum absolute atomic E-state index is 0.172. The van der Waals surface area contributed by atoms with Crippen molar-refractivity contribution >= 4 is 17.3 Å². The molecule has 1 aliphatic heterocycles. The highest BCUT2D eigenvalue weighted by atomic mass is 16.5. The number of terminal acetylenes is 1. The van der Waals surface area contributed by atoms with E-state index in [9.17, 15) is 4.79 Å². The fourth-order valence-electron chi connectivity index (χ4n) is 3.45. The van der Waals surface area contributed by atoms with Gasteiger partial charge in [0, 0.05) is 37.2 Å². The fourth-order valence-corrected chi connectivity index (χ4v) is 3.45. The number of methoxy groups -OCH3 is 2. The molecule has 2 aromatic carbocycles. The van der Waals surface area contributed by atoms with Crippen LogP contribution >= 0.6 is 0 Å². The average molecular weight is 424 g/mol. The highest BCUT2D eigenvalue weighted by molar-refractivity contribution is 6.00. The molecule has 0 aromatic heterocycles. The van der Waals surface area contributed by atoms with E-state index in [0.717, 1.165) is 43.0 Å². The molecule has 1 aliphatic rings. The lowest BCUT2D eigenvalue weighted by Gasteiger charge is -2.25. The number of carbonyl (C=O) groups excluding carboxylic acids is 1. The SMILES string of the molecule is C#CCNc1ccc(NC2CCOCC2)c(C(=O)NCc2ccc(OC)c(OC)c2)c1. The van der Waals surface area contributed by atoms with E-state index >= 15 is 0 Å². The predicted octanol–water partition coefficient (Wildman–Crippen LogP) is 3.27. The van der Waals surface area contributed by atoms with Gasteiger partial charge in [-0.05, 0) is 48.7 Å². The van der Waals surface area contributed by atoms with E-state index in [2.05, 4.69) is 21.9 Å². The first-order valence-corrected chi connectivity index (χ1v) is 10.3. The van der Waals surface area contributed by atoms with E-state index in [1.54, 1.807) is 14.2 Å². The molecule has 0 bridgehead atoms. The van der Waals surface area contributed by atoms with Crippen molar-refractivity contribution in [2.24, 2.45) is 0 Å². The second kappa shape index (κ2) is 11.1. The number of benzene rings is 2. The lowest BCUT2D eigenvalue weighted by molar-refractivity contribution is 0.0903. The van der Waals surface area contributed by atoms with Gasteiger partial charge in [0.05, 0.1) is 26.3 Å². The quantitative estimate of drug-likeness (QED) is 0.537. The van der Waals surface area contributed by atoms with Crippen molar-refractivity contribution in [1.82, 2.24) is 5.32 Å². The number of rotatable bonds is 9. The van der Waals surface area contributed by atoms with Crippen molar-refractivity contribution in [3.05, 3.63) is 47.5 Å². The van der Waals surface area contributed by atoms with Crippen LogP contribution in [0, 0.1) is 12.3 Å². The molecule has 0 unspecified atom stereocenters. The molecule has 3 N–H and O–H groups in total. The summed E-state index contributed by atoms with van der Waals surface area (Å²) in [4.78, 5) is 13.1. The van der Waals surface area contributed by atoms with Crippen LogP contribution in [0.4, 0.5) is 11.4 Å². The van der Waals surface area contributed by atoms with Gasteiger partial charge in [-0.1, -0.05) is 12.0 Å². The maximum atomic E-state index is 13.1. The molecule has 0 radical (unpaired) electrons. The van der Waals surface area contributed by atoms with Crippen LogP contribution in [0.2, 0.25) is 0 Å². The summed E-state index contributed by atoms with van der Waals surface area (Å²) in [6.07, 6.45) is 7.16. The van der Waals surface area contributed by atoms with Gasteiger partial charge < -0.3 is 30.2 Å². The van der Waals surface area contributed by atoms with Crippen LogP contribution in [0.25, 0.3) is 0 Å². The molecule has 1 fully saturated rings. The van der Waals surface area contributed by atoms with Crippen LogP contribution in [-0.2, 0) is 11.3 Å². The third kappa shape index (κ3) is 6.06.